The van der Waals surface area contributed by atoms with Gasteiger partial charge in [-0.05, 0) is 30.3 Å². The highest BCUT2D eigenvalue weighted by Gasteiger charge is 2.35. The Bertz CT molecular complexity index is 857. The molecule has 1 N–H and O–H groups in total. The lowest BCUT2D eigenvalue weighted by Crippen LogP contribution is -2.42. The number of nitrogens with one attached hydrogen (secondary N) is 1. The number of hydrogen-bond donors (Lipinski definition) is 1. The summed E-state index contributed by atoms with van der Waals surface area (Å²) in [6.45, 7) is -0.379. The van der Waals surface area contributed by atoms with Crippen LogP contribution in [0.25, 0.3) is 0 Å². The summed E-state index contributed by atoms with van der Waals surface area (Å²) >= 11 is 5.80. The van der Waals surface area contributed by atoms with Crippen LogP contribution in [0.1, 0.15) is 10.4 Å². The molecule has 1 aliphatic heterocycles. The average molecular weight is 372 g/mol. The highest BCUT2D eigenvalue weighted by molar-refractivity contribution is 6.31. The SMILES string of the molecule is O=C1CN(C(=O)c2cc(Cl)ccc2OC(F)(F)F)c2cccnc2N1. The van der Waals surface area contributed by atoms with Gasteiger partial charge in [-0.25, -0.2) is 4.98 Å². The van der Waals surface area contributed by atoms with E-state index in [1.807, 2.05) is 0 Å². The van der Waals surface area contributed by atoms with E-state index < -0.39 is 29.5 Å². The quantitative estimate of drug-likeness (QED) is 0.879. The Morgan fingerprint density at radius 1 is 1.32 bits per heavy atom. The van der Waals surface area contributed by atoms with Crippen molar-refractivity contribution in [3.63, 3.8) is 0 Å². The van der Waals surface area contributed by atoms with Crippen molar-refractivity contribution in [1.29, 1.82) is 0 Å². The van der Waals surface area contributed by atoms with Crippen molar-refractivity contribution in [2.75, 3.05) is 16.8 Å². The predicted molar refractivity (Wildman–Crippen MR) is 82.7 cm³/mol. The molecule has 1 aromatic heterocycles. The lowest BCUT2D eigenvalue weighted by Gasteiger charge is -2.28. The molecule has 1 aromatic carbocycles. The third-order valence-electron chi connectivity index (χ3n) is 3.28. The molecule has 0 saturated heterocycles. The maximum Gasteiger partial charge on any atom is 0.573 e. The number of nitrogens with zero attached hydrogens (tertiary/aromatic N) is 2. The minimum Gasteiger partial charge on any atom is -0.405 e. The van der Waals surface area contributed by atoms with Gasteiger partial charge < -0.3 is 10.1 Å². The van der Waals surface area contributed by atoms with Gasteiger partial charge in [0.05, 0.1) is 11.3 Å². The number of carbonyl (C=O) groups excluding carboxylic acids is 2. The Kier molecular flexibility index (Phi) is 4.25. The summed E-state index contributed by atoms with van der Waals surface area (Å²) in [5, 5.41) is 2.53. The number of anilines is 2. The molecule has 0 atom stereocenters. The van der Waals surface area contributed by atoms with Gasteiger partial charge in [-0.15, -0.1) is 13.2 Å². The van der Waals surface area contributed by atoms with Crippen molar-refractivity contribution in [2.45, 2.75) is 6.36 Å². The lowest BCUT2D eigenvalue weighted by atomic mass is 10.1. The second-order valence-corrected chi connectivity index (χ2v) is 5.44. The number of halogens is 4. The summed E-state index contributed by atoms with van der Waals surface area (Å²) in [4.78, 5) is 29.5. The topological polar surface area (TPSA) is 71.5 Å². The van der Waals surface area contributed by atoms with E-state index in [-0.39, 0.29) is 23.1 Å². The number of alkyl halides is 3. The minimum atomic E-state index is -4.98. The van der Waals surface area contributed by atoms with Crippen LogP contribution in [0, 0.1) is 0 Å². The standard InChI is InChI=1S/C15H9ClF3N3O3/c16-8-3-4-11(25-15(17,18)19)9(6-8)14(24)22-7-12(23)21-13-10(22)2-1-5-20-13/h1-6H,7H2,(H,20,21,23). The van der Waals surface area contributed by atoms with Crippen LogP contribution < -0.4 is 15.0 Å². The molecule has 3 rings (SSSR count). The number of carbonyl (C=O) groups is 2. The van der Waals surface area contributed by atoms with Crippen LogP contribution >= 0.6 is 11.6 Å². The first-order chi connectivity index (χ1) is 11.7. The molecule has 2 amide bonds. The zero-order valence-corrected chi connectivity index (χ0v) is 13.1. The van der Waals surface area contributed by atoms with Crippen LogP contribution in [0.5, 0.6) is 5.75 Å². The van der Waals surface area contributed by atoms with Crippen LogP contribution in [0.15, 0.2) is 36.5 Å². The number of amides is 2. The molecule has 0 aliphatic carbocycles. The third-order valence-corrected chi connectivity index (χ3v) is 3.51. The third kappa shape index (κ3) is 3.66. The molecule has 1 aliphatic rings. The van der Waals surface area contributed by atoms with E-state index >= 15 is 0 Å². The smallest absolute Gasteiger partial charge is 0.405 e. The summed E-state index contributed by atoms with van der Waals surface area (Å²) < 4.78 is 41.6. The summed E-state index contributed by atoms with van der Waals surface area (Å²) in [7, 11) is 0. The Labute approximate surface area is 144 Å². The van der Waals surface area contributed by atoms with Crippen LogP contribution in [-0.2, 0) is 4.79 Å². The molecule has 130 valence electrons. The van der Waals surface area contributed by atoms with Crippen molar-refractivity contribution in [3.05, 3.63) is 47.1 Å². The van der Waals surface area contributed by atoms with Gasteiger partial charge in [0.2, 0.25) is 5.91 Å². The number of fused-ring (bicyclic) bond motifs is 1. The van der Waals surface area contributed by atoms with Gasteiger partial charge in [0.1, 0.15) is 12.3 Å². The second-order valence-electron chi connectivity index (χ2n) is 5.00. The summed E-state index contributed by atoms with van der Waals surface area (Å²) in [5.74, 6) is -1.98. The summed E-state index contributed by atoms with van der Waals surface area (Å²) in [6.07, 6.45) is -3.58. The fourth-order valence-corrected chi connectivity index (χ4v) is 2.49. The molecule has 0 saturated carbocycles. The van der Waals surface area contributed by atoms with Crippen molar-refractivity contribution >= 4 is 34.9 Å². The monoisotopic (exact) mass is 371 g/mol. The van der Waals surface area contributed by atoms with Gasteiger partial charge in [-0.2, -0.15) is 0 Å². The number of benzene rings is 1. The van der Waals surface area contributed by atoms with Crippen molar-refractivity contribution in [3.8, 4) is 5.75 Å². The van der Waals surface area contributed by atoms with Crippen LogP contribution in [0.4, 0.5) is 24.7 Å². The highest BCUT2D eigenvalue weighted by Crippen LogP contribution is 2.33. The first kappa shape index (κ1) is 17.0. The maximum atomic E-state index is 12.8. The molecule has 0 bridgehead atoms. The molecule has 0 fully saturated rings. The van der Waals surface area contributed by atoms with Gasteiger partial charge in [0, 0.05) is 11.2 Å². The van der Waals surface area contributed by atoms with Crippen LogP contribution in [0.3, 0.4) is 0 Å². The van der Waals surface area contributed by atoms with E-state index in [4.69, 9.17) is 11.6 Å². The van der Waals surface area contributed by atoms with Crippen molar-refractivity contribution in [1.82, 2.24) is 4.98 Å². The van der Waals surface area contributed by atoms with Gasteiger partial charge in [0.15, 0.2) is 5.82 Å². The molecule has 10 heteroatoms. The molecular weight excluding hydrogens is 363 g/mol. The Hall–Kier alpha value is -2.81. The maximum absolute atomic E-state index is 12.8. The molecule has 0 spiro atoms. The molecule has 2 aromatic rings. The van der Waals surface area contributed by atoms with Crippen molar-refractivity contribution < 1.29 is 27.5 Å². The Morgan fingerprint density at radius 3 is 2.80 bits per heavy atom. The number of aromatic nitrogens is 1. The number of rotatable bonds is 2. The molecule has 0 radical (unpaired) electrons. The van der Waals surface area contributed by atoms with E-state index in [1.165, 1.54) is 18.3 Å². The van der Waals surface area contributed by atoms with Crippen LogP contribution in [-0.4, -0.2) is 29.7 Å². The molecule has 0 unspecified atom stereocenters. The zero-order chi connectivity index (χ0) is 18.2. The Balaban J connectivity index is 2.04. The van der Waals surface area contributed by atoms with Crippen LogP contribution in [0.2, 0.25) is 5.02 Å². The fourth-order valence-electron chi connectivity index (χ4n) is 2.32. The van der Waals surface area contributed by atoms with E-state index in [0.29, 0.717) is 0 Å². The zero-order valence-electron chi connectivity index (χ0n) is 12.3. The van der Waals surface area contributed by atoms with E-state index in [2.05, 4.69) is 15.0 Å². The van der Waals surface area contributed by atoms with Crippen molar-refractivity contribution in [2.24, 2.45) is 0 Å². The van der Waals surface area contributed by atoms with E-state index in [0.717, 1.165) is 23.1 Å². The molecule has 2 heterocycles. The summed E-state index contributed by atoms with van der Waals surface area (Å²) in [6, 6.07) is 6.19. The van der Waals surface area contributed by atoms with Gasteiger partial charge >= 0.3 is 6.36 Å². The number of pyridine rings is 1. The van der Waals surface area contributed by atoms with Gasteiger partial charge in [0.25, 0.3) is 5.91 Å². The van der Waals surface area contributed by atoms with Gasteiger partial charge in [-0.1, -0.05) is 11.6 Å². The average Bonchev–Trinajstić information content (AvgIpc) is 2.54. The largest absolute Gasteiger partial charge is 0.573 e. The van der Waals surface area contributed by atoms with E-state index in [9.17, 15) is 22.8 Å². The second kappa shape index (κ2) is 6.25. The number of ether oxygens (including phenoxy) is 1. The normalized spacial score (nSPS) is 13.9. The molecule has 25 heavy (non-hydrogen) atoms. The fraction of sp³-hybridized carbons (Fsp3) is 0.133. The number of hydrogen-bond acceptors (Lipinski definition) is 4. The first-order valence-corrected chi connectivity index (χ1v) is 7.24. The van der Waals surface area contributed by atoms with E-state index in [1.54, 1.807) is 0 Å². The summed E-state index contributed by atoms with van der Waals surface area (Å²) in [5.41, 5.74) is -0.167. The molecule has 6 nitrogen and oxygen atoms in total. The van der Waals surface area contributed by atoms with Gasteiger partial charge in [-0.3, -0.25) is 14.5 Å². The first-order valence-electron chi connectivity index (χ1n) is 6.86. The minimum absolute atomic E-state index is 0.0470. The lowest BCUT2D eigenvalue weighted by molar-refractivity contribution is -0.274. The highest BCUT2D eigenvalue weighted by atomic mass is 35.5. The predicted octanol–water partition coefficient (Wildman–Crippen LogP) is 3.23. The molecular formula is C15H9ClF3N3O3. The Morgan fingerprint density at radius 2 is 2.08 bits per heavy atom.